The molecule has 2 nitrogen and oxygen atoms in total. The zero-order valence-corrected chi connectivity index (χ0v) is 12.8. The average molecular weight is 274 g/mol. The van der Waals surface area contributed by atoms with Crippen LogP contribution in [0.5, 0.6) is 0 Å². The molecule has 102 valence electrons. The van der Waals surface area contributed by atoms with Gasteiger partial charge in [-0.15, -0.1) is 11.3 Å². The Morgan fingerprint density at radius 1 is 1.21 bits per heavy atom. The molecule has 0 saturated heterocycles. The van der Waals surface area contributed by atoms with Crippen LogP contribution in [0.15, 0.2) is 29.6 Å². The monoisotopic (exact) mass is 274 g/mol. The number of thiazole rings is 1. The number of benzene rings is 1. The van der Waals surface area contributed by atoms with Crippen molar-refractivity contribution in [2.75, 3.05) is 6.54 Å². The van der Waals surface area contributed by atoms with E-state index < -0.39 is 0 Å². The van der Waals surface area contributed by atoms with Crippen molar-refractivity contribution in [1.29, 1.82) is 0 Å². The maximum Gasteiger partial charge on any atom is 0.123 e. The second-order valence-corrected chi connectivity index (χ2v) is 5.96. The van der Waals surface area contributed by atoms with Crippen molar-refractivity contribution >= 4 is 11.3 Å². The maximum atomic E-state index is 4.68. The summed E-state index contributed by atoms with van der Waals surface area (Å²) in [5.74, 6) is 0.583. The number of nitrogens with zero attached hydrogens (tertiary/aromatic N) is 1. The van der Waals surface area contributed by atoms with Gasteiger partial charge in [-0.05, 0) is 24.4 Å². The van der Waals surface area contributed by atoms with Crippen LogP contribution in [-0.4, -0.2) is 11.5 Å². The van der Waals surface area contributed by atoms with E-state index in [1.54, 1.807) is 11.3 Å². The summed E-state index contributed by atoms with van der Waals surface area (Å²) in [4.78, 5) is 4.68. The molecule has 0 atom stereocenters. The molecule has 0 aliphatic rings. The van der Waals surface area contributed by atoms with Gasteiger partial charge in [-0.2, -0.15) is 0 Å². The maximum absolute atomic E-state index is 4.68. The topological polar surface area (TPSA) is 24.9 Å². The van der Waals surface area contributed by atoms with E-state index in [0.29, 0.717) is 5.92 Å². The van der Waals surface area contributed by atoms with Crippen molar-refractivity contribution in [2.45, 2.75) is 39.7 Å². The minimum atomic E-state index is 0.583. The number of nitrogens with one attached hydrogen (secondary N) is 1. The summed E-state index contributed by atoms with van der Waals surface area (Å²) in [5, 5.41) is 6.65. The third kappa shape index (κ3) is 3.88. The van der Waals surface area contributed by atoms with Gasteiger partial charge in [-0.3, -0.25) is 0 Å². The quantitative estimate of drug-likeness (QED) is 0.788. The number of hydrogen-bond donors (Lipinski definition) is 1. The van der Waals surface area contributed by atoms with Gasteiger partial charge in [0.15, 0.2) is 0 Å². The van der Waals surface area contributed by atoms with Crippen molar-refractivity contribution in [1.82, 2.24) is 10.3 Å². The molecule has 1 aromatic heterocycles. The minimum absolute atomic E-state index is 0.583. The molecule has 0 fully saturated rings. The molecule has 0 spiro atoms. The lowest BCUT2D eigenvalue weighted by molar-refractivity contribution is 0.667. The fourth-order valence-electron chi connectivity index (χ4n) is 1.92. The zero-order valence-electron chi connectivity index (χ0n) is 11.9. The Bertz CT molecular complexity index is 500. The highest BCUT2D eigenvalue weighted by Crippen LogP contribution is 2.25. The van der Waals surface area contributed by atoms with E-state index >= 15 is 0 Å². The van der Waals surface area contributed by atoms with Gasteiger partial charge >= 0.3 is 0 Å². The molecule has 2 rings (SSSR count). The second-order valence-electron chi connectivity index (χ2n) is 5.10. The van der Waals surface area contributed by atoms with Gasteiger partial charge in [-0.25, -0.2) is 4.98 Å². The lowest BCUT2D eigenvalue weighted by Gasteiger charge is -2.05. The summed E-state index contributed by atoms with van der Waals surface area (Å²) in [7, 11) is 0. The summed E-state index contributed by atoms with van der Waals surface area (Å²) in [6.07, 6.45) is 1.16. The highest BCUT2D eigenvalue weighted by molar-refractivity contribution is 7.13. The molecule has 0 bridgehead atoms. The number of aromatic nitrogens is 1. The van der Waals surface area contributed by atoms with Gasteiger partial charge in [0.05, 0.1) is 5.69 Å². The fourth-order valence-corrected chi connectivity index (χ4v) is 2.75. The van der Waals surface area contributed by atoms with Crippen LogP contribution < -0.4 is 5.32 Å². The molecule has 1 N–H and O–H groups in total. The Balaban J connectivity index is 2.05. The summed E-state index contributed by atoms with van der Waals surface area (Å²) in [6.45, 7) is 8.53. The lowest BCUT2D eigenvalue weighted by atomic mass is 10.0. The van der Waals surface area contributed by atoms with Gasteiger partial charge in [0.2, 0.25) is 0 Å². The summed E-state index contributed by atoms with van der Waals surface area (Å²) >= 11 is 1.72. The van der Waals surface area contributed by atoms with Crippen LogP contribution in [0.4, 0.5) is 0 Å². The molecule has 19 heavy (non-hydrogen) atoms. The Morgan fingerprint density at radius 3 is 2.58 bits per heavy atom. The average Bonchev–Trinajstić information content (AvgIpc) is 2.88. The predicted octanol–water partition coefficient (Wildman–Crippen LogP) is 4.43. The summed E-state index contributed by atoms with van der Waals surface area (Å²) in [5.41, 5.74) is 3.74. The zero-order chi connectivity index (χ0) is 13.7. The number of hydrogen-bond acceptors (Lipinski definition) is 3. The van der Waals surface area contributed by atoms with E-state index in [2.05, 4.69) is 60.7 Å². The summed E-state index contributed by atoms with van der Waals surface area (Å²) in [6, 6.07) is 8.77. The van der Waals surface area contributed by atoms with Crippen molar-refractivity contribution in [3.8, 4) is 10.6 Å². The number of rotatable bonds is 6. The van der Waals surface area contributed by atoms with Gasteiger partial charge in [-0.1, -0.05) is 45.0 Å². The van der Waals surface area contributed by atoms with Gasteiger partial charge in [0.1, 0.15) is 5.01 Å². The molecule has 0 aliphatic carbocycles. The third-order valence-electron chi connectivity index (χ3n) is 3.11. The lowest BCUT2D eigenvalue weighted by Crippen LogP contribution is -2.13. The molecule has 0 amide bonds. The van der Waals surface area contributed by atoms with Gasteiger partial charge in [0.25, 0.3) is 0 Å². The van der Waals surface area contributed by atoms with E-state index in [-0.39, 0.29) is 0 Å². The van der Waals surface area contributed by atoms with Crippen molar-refractivity contribution in [3.05, 3.63) is 40.9 Å². The normalized spacial score (nSPS) is 11.2. The first-order valence-corrected chi connectivity index (χ1v) is 7.84. The van der Waals surface area contributed by atoms with Crippen LogP contribution in [0.1, 0.15) is 44.4 Å². The molecule has 1 aromatic carbocycles. The van der Waals surface area contributed by atoms with E-state index in [0.717, 1.165) is 30.2 Å². The Morgan fingerprint density at radius 2 is 1.95 bits per heavy atom. The van der Waals surface area contributed by atoms with Crippen LogP contribution >= 0.6 is 11.3 Å². The molecule has 3 heteroatoms. The van der Waals surface area contributed by atoms with Gasteiger partial charge in [0, 0.05) is 17.5 Å². The van der Waals surface area contributed by atoms with E-state index in [9.17, 15) is 0 Å². The first-order chi connectivity index (χ1) is 9.20. The smallest absolute Gasteiger partial charge is 0.123 e. The fraction of sp³-hybridized carbons (Fsp3) is 0.438. The molecule has 2 aromatic rings. The molecule has 0 radical (unpaired) electrons. The standard InChI is InChI=1S/C16H22N2S/c1-4-9-17-10-15-11-19-16(18-15)14-7-5-13(6-8-14)12(2)3/h5-8,11-12,17H,4,9-10H2,1-3H3. The van der Waals surface area contributed by atoms with Crippen molar-refractivity contribution in [3.63, 3.8) is 0 Å². The summed E-state index contributed by atoms with van der Waals surface area (Å²) < 4.78 is 0. The van der Waals surface area contributed by atoms with Gasteiger partial charge < -0.3 is 5.32 Å². The van der Waals surface area contributed by atoms with E-state index in [1.165, 1.54) is 11.1 Å². The van der Waals surface area contributed by atoms with Crippen LogP contribution in [0.2, 0.25) is 0 Å². The largest absolute Gasteiger partial charge is 0.311 e. The van der Waals surface area contributed by atoms with E-state index in [1.807, 2.05) is 0 Å². The van der Waals surface area contributed by atoms with Crippen LogP contribution in [0.3, 0.4) is 0 Å². The minimum Gasteiger partial charge on any atom is -0.311 e. The predicted molar refractivity (Wildman–Crippen MR) is 83.6 cm³/mol. The third-order valence-corrected chi connectivity index (χ3v) is 4.05. The first-order valence-electron chi connectivity index (χ1n) is 6.96. The highest BCUT2D eigenvalue weighted by Gasteiger charge is 2.05. The van der Waals surface area contributed by atoms with Crippen molar-refractivity contribution in [2.24, 2.45) is 0 Å². The SMILES string of the molecule is CCCNCc1csc(-c2ccc(C(C)C)cc2)n1. The van der Waals surface area contributed by atoms with Crippen LogP contribution in [0.25, 0.3) is 10.6 Å². The van der Waals surface area contributed by atoms with E-state index in [4.69, 9.17) is 0 Å². The second kappa shape index (κ2) is 6.83. The van der Waals surface area contributed by atoms with Crippen molar-refractivity contribution < 1.29 is 0 Å². The molecular weight excluding hydrogens is 252 g/mol. The Hall–Kier alpha value is -1.19. The molecule has 0 unspecified atom stereocenters. The van der Waals surface area contributed by atoms with Crippen LogP contribution in [-0.2, 0) is 6.54 Å². The molecular formula is C16H22N2S. The Labute approximate surface area is 119 Å². The first kappa shape index (κ1) is 14.2. The van der Waals surface area contributed by atoms with Crippen LogP contribution in [0, 0.1) is 0 Å². The highest BCUT2D eigenvalue weighted by atomic mass is 32.1. The molecule has 0 saturated carbocycles. The molecule has 0 aliphatic heterocycles. The molecule has 1 heterocycles. The Kier molecular flexibility index (Phi) is 5.11.